The highest BCUT2D eigenvalue weighted by molar-refractivity contribution is 5.97. The molecule has 9 heteroatoms. The van der Waals surface area contributed by atoms with Gasteiger partial charge in [-0.3, -0.25) is 4.79 Å². The number of para-hydroxylation sites is 2. The van der Waals surface area contributed by atoms with Gasteiger partial charge in [-0.15, -0.1) is 0 Å². The highest BCUT2D eigenvalue weighted by atomic mass is 16.6. The van der Waals surface area contributed by atoms with Crippen LogP contribution in [0.5, 0.6) is 23.0 Å². The fraction of sp³-hybridized carbons (Fsp3) is 0.364. The van der Waals surface area contributed by atoms with Crippen LogP contribution < -0.4 is 34.5 Å². The minimum atomic E-state index is -0.343. The molecular weight excluding hydrogens is 402 g/mol. The van der Waals surface area contributed by atoms with Gasteiger partial charge in [-0.1, -0.05) is 12.1 Å². The fourth-order valence-electron chi connectivity index (χ4n) is 3.86. The summed E-state index contributed by atoms with van der Waals surface area (Å²) in [6.07, 6.45) is -0.0433. The minimum Gasteiger partial charge on any atom is -0.486 e. The summed E-state index contributed by atoms with van der Waals surface area (Å²) in [6, 6.07) is 12.2. The predicted octanol–water partition coefficient (Wildman–Crippen LogP) is 1.70. The van der Waals surface area contributed by atoms with E-state index in [1.165, 1.54) is 0 Å². The summed E-state index contributed by atoms with van der Waals surface area (Å²) in [4.78, 5) is 26.5. The Labute approximate surface area is 179 Å². The topological polar surface area (TPSA) is 98.4 Å². The second-order valence-corrected chi connectivity index (χ2v) is 7.59. The number of amides is 3. The normalized spacial score (nSPS) is 21.5. The fourth-order valence-corrected chi connectivity index (χ4v) is 3.86. The van der Waals surface area contributed by atoms with Crippen molar-refractivity contribution >= 4 is 17.6 Å². The molecule has 31 heavy (non-hydrogen) atoms. The molecule has 0 spiro atoms. The number of benzene rings is 2. The van der Waals surface area contributed by atoms with Crippen LogP contribution in [0.25, 0.3) is 0 Å². The van der Waals surface area contributed by atoms with Gasteiger partial charge in [0.25, 0.3) is 0 Å². The van der Waals surface area contributed by atoms with Crippen LogP contribution >= 0.6 is 0 Å². The molecule has 162 valence electrons. The Morgan fingerprint density at radius 2 is 1.77 bits per heavy atom. The molecule has 0 radical (unpaired) electrons. The first-order valence-electron chi connectivity index (χ1n) is 10.3. The molecule has 2 atom stereocenters. The molecule has 3 aliphatic heterocycles. The van der Waals surface area contributed by atoms with Gasteiger partial charge in [-0.05, 0) is 24.3 Å². The van der Waals surface area contributed by atoms with E-state index >= 15 is 0 Å². The molecule has 2 aromatic carbocycles. The number of carbonyl (C=O) groups is 2. The zero-order chi connectivity index (χ0) is 21.2. The summed E-state index contributed by atoms with van der Waals surface area (Å²) in [6.45, 7) is 2.04. The molecule has 3 aliphatic rings. The largest absolute Gasteiger partial charge is 0.486 e. The van der Waals surface area contributed by atoms with Gasteiger partial charge < -0.3 is 34.5 Å². The van der Waals surface area contributed by atoms with Crippen LogP contribution in [0.15, 0.2) is 42.5 Å². The summed E-state index contributed by atoms with van der Waals surface area (Å²) in [5, 5.41) is 5.66. The van der Waals surface area contributed by atoms with Crippen LogP contribution in [0.1, 0.15) is 6.42 Å². The lowest BCUT2D eigenvalue weighted by Gasteiger charge is -2.26. The molecule has 3 amide bonds. The number of fused-ring (bicyclic) bond motifs is 2. The van der Waals surface area contributed by atoms with Crippen LogP contribution in [0.2, 0.25) is 0 Å². The third-order valence-corrected chi connectivity index (χ3v) is 5.36. The van der Waals surface area contributed by atoms with E-state index in [1.54, 1.807) is 17.0 Å². The number of nitrogens with zero attached hydrogens (tertiary/aromatic N) is 1. The zero-order valence-electron chi connectivity index (χ0n) is 16.8. The molecule has 1 saturated heterocycles. The van der Waals surface area contributed by atoms with E-state index in [-0.39, 0.29) is 30.5 Å². The average Bonchev–Trinajstić information content (AvgIpc) is 3.17. The summed E-state index contributed by atoms with van der Waals surface area (Å²) < 4.78 is 22.6. The molecular formula is C22H23N3O6. The van der Waals surface area contributed by atoms with Crippen LogP contribution in [-0.4, -0.2) is 57.0 Å². The lowest BCUT2D eigenvalue weighted by molar-refractivity contribution is -0.117. The quantitative estimate of drug-likeness (QED) is 0.774. The summed E-state index contributed by atoms with van der Waals surface area (Å²) >= 11 is 0. The van der Waals surface area contributed by atoms with Crippen molar-refractivity contribution in [2.45, 2.75) is 18.6 Å². The van der Waals surface area contributed by atoms with Crippen molar-refractivity contribution in [3.8, 4) is 23.0 Å². The Bertz CT molecular complexity index is 997. The van der Waals surface area contributed by atoms with Gasteiger partial charge in [0, 0.05) is 24.7 Å². The second kappa shape index (κ2) is 8.25. The van der Waals surface area contributed by atoms with E-state index < -0.39 is 0 Å². The van der Waals surface area contributed by atoms with E-state index in [2.05, 4.69) is 10.6 Å². The lowest BCUT2D eigenvalue weighted by Crippen LogP contribution is -2.47. The van der Waals surface area contributed by atoms with E-state index in [1.807, 2.05) is 30.3 Å². The third-order valence-electron chi connectivity index (χ3n) is 5.36. The van der Waals surface area contributed by atoms with Crippen LogP contribution in [0, 0.1) is 0 Å². The minimum absolute atomic E-state index is 0.0531. The van der Waals surface area contributed by atoms with Crippen molar-refractivity contribution in [3.05, 3.63) is 42.5 Å². The molecule has 0 bridgehead atoms. The number of nitrogens with one attached hydrogen (secondary N) is 2. The SMILES string of the molecule is O=C(NC[C@H]1COc2ccccc2O1)N[C@H]1CC(=O)N(c2ccc3c(c2)OCCO3)C1. The van der Waals surface area contributed by atoms with Crippen molar-refractivity contribution in [3.63, 3.8) is 0 Å². The number of anilines is 1. The number of urea groups is 1. The number of hydrogen-bond acceptors (Lipinski definition) is 6. The predicted molar refractivity (Wildman–Crippen MR) is 111 cm³/mol. The number of rotatable bonds is 4. The molecule has 5 rings (SSSR count). The first-order chi connectivity index (χ1) is 15.2. The van der Waals surface area contributed by atoms with E-state index in [0.29, 0.717) is 55.9 Å². The molecule has 1 fully saturated rings. The van der Waals surface area contributed by atoms with Gasteiger partial charge in [0.15, 0.2) is 29.1 Å². The summed E-state index contributed by atoms with van der Waals surface area (Å²) in [7, 11) is 0. The van der Waals surface area contributed by atoms with Gasteiger partial charge in [0.05, 0.1) is 12.6 Å². The second-order valence-electron chi connectivity index (χ2n) is 7.59. The molecule has 2 N–H and O–H groups in total. The van der Waals surface area contributed by atoms with Crippen molar-refractivity contribution in [1.82, 2.24) is 10.6 Å². The summed E-state index contributed by atoms with van der Waals surface area (Å²) in [5.74, 6) is 2.61. The molecule has 0 saturated carbocycles. The van der Waals surface area contributed by atoms with Gasteiger partial charge in [0.2, 0.25) is 5.91 Å². The first kappa shape index (κ1) is 19.3. The highest BCUT2D eigenvalue weighted by Crippen LogP contribution is 2.35. The van der Waals surface area contributed by atoms with Crippen molar-refractivity contribution < 1.29 is 28.5 Å². The van der Waals surface area contributed by atoms with E-state index in [0.717, 1.165) is 5.69 Å². The maximum Gasteiger partial charge on any atom is 0.315 e. The van der Waals surface area contributed by atoms with Crippen molar-refractivity contribution in [2.75, 3.05) is 37.8 Å². The standard InChI is InChI=1S/C22H23N3O6/c26-21-9-14(12-25(21)15-5-6-18-20(10-15)29-8-7-28-18)24-22(27)23-11-16-13-30-17-3-1-2-4-19(17)31-16/h1-6,10,14,16H,7-9,11-13H2,(H2,23,24,27)/t14-,16-/m0/s1. The maximum atomic E-state index is 12.5. The molecule has 0 unspecified atom stereocenters. The van der Waals surface area contributed by atoms with Gasteiger partial charge >= 0.3 is 6.03 Å². The molecule has 0 aromatic heterocycles. The number of carbonyl (C=O) groups excluding carboxylic acids is 2. The summed E-state index contributed by atoms with van der Waals surface area (Å²) in [5.41, 5.74) is 0.727. The molecule has 2 aromatic rings. The zero-order valence-corrected chi connectivity index (χ0v) is 16.8. The monoisotopic (exact) mass is 425 g/mol. The molecule has 9 nitrogen and oxygen atoms in total. The van der Waals surface area contributed by atoms with Gasteiger partial charge in [0.1, 0.15) is 19.8 Å². The first-order valence-corrected chi connectivity index (χ1v) is 10.3. The number of ether oxygens (including phenoxy) is 4. The third kappa shape index (κ3) is 4.16. The van der Waals surface area contributed by atoms with E-state index in [4.69, 9.17) is 18.9 Å². The van der Waals surface area contributed by atoms with Crippen molar-refractivity contribution in [1.29, 1.82) is 0 Å². The lowest BCUT2D eigenvalue weighted by atomic mass is 10.2. The Kier molecular flexibility index (Phi) is 5.15. The van der Waals surface area contributed by atoms with E-state index in [9.17, 15) is 9.59 Å². The van der Waals surface area contributed by atoms with Crippen molar-refractivity contribution in [2.24, 2.45) is 0 Å². The van der Waals surface area contributed by atoms with Crippen LogP contribution in [0.4, 0.5) is 10.5 Å². The smallest absolute Gasteiger partial charge is 0.315 e. The van der Waals surface area contributed by atoms with Crippen LogP contribution in [0.3, 0.4) is 0 Å². The number of hydrogen-bond donors (Lipinski definition) is 2. The Morgan fingerprint density at radius 3 is 2.65 bits per heavy atom. The van der Waals surface area contributed by atoms with Gasteiger partial charge in [-0.2, -0.15) is 0 Å². The highest BCUT2D eigenvalue weighted by Gasteiger charge is 2.32. The Hall–Kier alpha value is -3.62. The average molecular weight is 425 g/mol. The Balaban J connectivity index is 1.13. The maximum absolute atomic E-state index is 12.5. The molecule has 3 heterocycles. The Morgan fingerprint density at radius 1 is 1.00 bits per heavy atom. The van der Waals surface area contributed by atoms with Crippen LogP contribution in [-0.2, 0) is 4.79 Å². The van der Waals surface area contributed by atoms with Gasteiger partial charge in [-0.25, -0.2) is 4.79 Å². The molecule has 0 aliphatic carbocycles.